The Labute approximate surface area is 182 Å². The third-order valence-corrected chi connectivity index (χ3v) is 8.23. The molecule has 12 heteroatoms. The molecule has 0 aliphatic heterocycles. The van der Waals surface area contributed by atoms with E-state index in [1.54, 1.807) is 26.8 Å². The summed E-state index contributed by atoms with van der Waals surface area (Å²) in [5.74, 6) is -0.615. The predicted octanol–water partition coefficient (Wildman–Crippen LogP) is 0.734. The minimum Gasteiger partial charge on any atom is -0.324 e. The van der Waals surface area contributed by atoms with Crippen molar-refractivity contribution in [2.45, 2.75) is 37.1 Å². The van der Waals surface area contributed by atoms with E-state index in [4.69, 9.17) is 0 Å². The van der Waals surface area contributed by atoms with Crippen molar-refractivity contribution in [2.75, 3.05) is 25.5 Å². The number of amides is 1. The fourth-order valence-corrected chi connectivity index (χ4v) is 5.40. The molecule has 2 N–H and O–H groups in total. The molecule has 1 aromatic heterocycles. The highest BCUT2D eigenvalue weighted by molar-refractivity contribution is 7.89. The highest BCUT2D eigenvalue weighted by atomic mass is 32.2. The SMILES string of the molecule is CCN(CC)S(=O)(=O)c1ccc(=O)n(CC(=O)Nc2ccc(C)c(S(=O)(=O)NC)c2)c1. The molecule has 1 amide bonds. The lowest BCUT2D eigenvalue weighted by molar-refractivity contribution is -0.116. The number of carbonyl (C=O) groups excluding carboxylic acids is 1. The fourth-order valence-electron chi connectivity index (χ4n) is 2.93. The summed E-state index contributed by atoms with van der Waals surface area (Å²) in [6.07, 6.45) is 1.13. The normalized spacial score (nSPS) is 12.2. The van der Waals surface area contributed by atoms with Crippen LogP contribution >= 0.6 is 0 Å². The molecule has 31 heavy (non-hydrogen) atoms. The van der Waals surface area contributed by atoms with Crippen molar-refractivity contribution < 1.29 is 21.6 Å². The topological polar surface area (TPSA) is 135 Å². The molecule has 0 atom stereocenters. The van der Waals surface area contributed by atoms with Crippen molar-refractivity contribution >= 4 is 31.6 Å². The van der Waals surface area contributed by atoms with Crippen LogP contribution in [-0.2, 0) is 31.4 Å². The third kappa shape index (κ3) is 5.58. The van der Waals surface area contributed by atoms with Crippen LogP contribution < -0.4 is 15.6 Å². The van der Waals surface area contributed by atoms with E-state index in [0.717, 1.165) is 16.8 Å². The first-order chi connectivity index (χ1) is 14.5. The summed E-state index contributed by atoms with van der Waals surface area (Å²) in [7, 11) is -6.23. The number of aryl methyl sites for hydroxylation is 1. The first-order valence-corrected chi connectivity index (χ1v) is 12.4. The summed E-state index contributed by atoms with van der Waals surface area (Å²) in [6.45, 7) is 5.12. The van der Waals surface area contributed by atoms with Gasteiger partial charge in [0, 0.05) is 31.0 Å². The Hall–Kier alpha value is -2.54. The van der Waals surface area contributed by atoms with E-state index in [1.807, 2.05) is 0 Å². The highest BCUT2D eigenvalue weighted by Crippen LogP contribution is 2.20. The third-order valence-electron chi connectivity index (χ3n) is 4.64. The van der Waals surface area contributed by atoms with Gasteiger partial charge < -0.3 is 9.88 Å². The number of nitrogens with one attached hydrogen (secondary N) is 2. The molecule has 1 heterocycles. The maximum atomic E-state index is 12.7. The molecular formula is C19H26N4O6S2. The number of rotatable bonds is 9. The second-order valence-corrected chi connectivity index (χ2v) is 10.4. The zero-order chi connectivity index (χ0) is 23.4. The Morgan fingerprint density at radius 1 is 1.06 bits per heavy atom. The molecule has 0 aliphatic carbocycles. The van der Waals surface area contributed by atoms with Gasteiger partial charge in [0.15, 0.2) is 0 Å². The smallest absolute Gasteiger partial charge is 0.251 e. The molecule has 10 nitrogen and oxygen atoms in total. The van der Waals surface area contributed by atoms with E-state index in [-0.39, 0.29) is 28.6 Å². The number of anilines is 1. The van der Waals surface area contributed by atoms with Gasteiger partial charge >= 0.3 is 0 Å². The number of sulfonamides is 2. The molecule has 2 rings (SSSR count). The van der Waals surface area contributed by atoms with Crippen LogP contribution in [-0.4, -0.2) is 51.8 Å². The molecule has 2 aromatic rings. The van der Waals surface area contributed by atoms with Gasteiger partial charge in [-0.2, -0.15) is 4.31 Å². The number of aromatic nitrogens is 1. The van der Waals surface area contributed by atoms with Crippen molar-refractivity contribution in [1.29, 1.82) is 0 Å². The lowest BCUT2D eigenvalue weighted by atomic mass is 10.2. The van der Waals surface area contributed by atoms with Gasteiger partial charge in [0.25, 0.3) is 5.56 Å². The van der Waals surface area contributed by atoms with Crippen LogP contribution in [0.15, 0.2) is 51.1 Å². The minimum atomic E-state index is -3.80. The number of hydrogen-bond acceptors (Lipinski definition) is 6. The first kappa shape index (κ1) is 24.7. The van der Waals surface area contributed by atoms with Crippen LogP contribution in [0.5, 0.6) is 0 Å². The second-order valence-electron chi connectivity index (χ2n) is 6.66. The van der Waals surface area contributed by atoms with Crippen molar-refractivity contribution in [3.05, 3.63) is 52.4 Å². The van der Waals surface area contributed by atoms with Gasteiger partial charge in [-0.25, -0.2) is 21.6 Å². The number of pyridine rings is 1. The average Bonchev–Trinajstić information content (AvgIpc) is 2.71. The van der Waals surface area contributed by atoms with E-state index in [2.05, 4.69) is 10.0 Å². The van der Waals surface area contributed by atoms with Crippen molar-refractivity contribution in [3.8, 4) is 0 Å². The summed E-state index contributed by atoms with van der Waals surface area (Å²) in [5, 5.41) is 2.53. The van der Waals surface area contributed by atoms with Crippen LogP contribution in [0.3, 0.4) is 0 Å². The largest absolute Gasteiger partial charge is 0.324 e. The van der Waals surface area contributed by atoms with E-state index < -0.39 is 38.1 Å². The van der Waals surface area contributed by atoms with Crippen molar-refractivity contribution in [1.82, 2.24) is 13.6 Å². The van der Waals surface area contributed by atoms with Gasteiger partial charge in [-0.05, 0) is 37.7 Å². The maximum absolute atomic E-state index is 12.7. The lowest BCUT2D eigenvalue weighted by Crippen LogP contribution is -2.33. The monoisotopic (exact) mass is 470 g/mol. The van der Waals surface area contributed by atoms with Crippen LogP contribution in [0.1, 0.15) is 19.4 Å². The Morgan fingerprint density at radius 3 is 2.29 bits per heavy atom. The Kier molecular flexibility index (Phi) is 7.76. The van der Waals surface area contributed by atoms with Gasteiger partial charge in [0.2, 0.25) is 26.0 Å². The maximum Gasteiger partial charge on any atom is 0.251 e. The van der Waals surface area contributed by atoms with E-state index in [9.17, 15) is 26.4 Å². The first-order valence-electron chi connectivity index (χ1n) is 9.51. The summed E-state index contributed by atoms with van der Waals surface area (Å²) in [6, 6.07) is 6.69. The van der Waals surface area contributed by atoms with Crippen molar-refractivity contribution in [3.63, 3.8) is 0 Å². The molecule has 0 saturated carbocycles. The number of benzene rings is 1. The molecule has 0 bridgehead atoms. The number of nitrogens with zero attached hydrogens (tertiary/aromatic N) is 2. The zero-order valence-electron chi connectivity index (χ0n) is 17.7. The van der Waals surface area contributed by atoms with Gasteiger partial charge in [0.05, 0.1) is 9.79 Å². The summed E-state index contributed by atoms with van der Waals surface area (Å²) in [5.41, 5.74) is 0.179. The molecule has 0 radical (unpaired) electrons. The molecule has 170 valence electrons. The van der Waals surface area contributed by atoms with E-state index >= 15 is 0 Å². The molecule has 0 fully saturated rings. The fraction of sp³-hybridized carbons (Fsp3) is 0.368. The van der Waals surface area contributed by atoms with E-state index in [1.165, 1.54) is 29.6 Å². The van der Waals surface area contributed by atoms with Gasteiger partial charge in [-0.3, -0.25) is 9.59 Å². The number of hydrogen-bond donors (Lipinski definition) is 2. The van der Waals surface area contributed by atoms with Crippen LogP contribution in [0.2, 0.25) is 0 Å². The average molecular weight is 471 g/mol. The summed E-state index contributed by atoms with van der Waals surface area (Å²) in [4.78, 5) is 24.5. The standard InChI is InChI=1S/C19H26N4O6S2/c1-5-23(6-2)31(28,29)16-9-10-19(25)22(12-16)13-18(24)21-15-8-7-14(3)17(11-15)30(26,27)20-4/h7-12,20H,5-6,13H2,1-4H3,(H,21,24). The van der Waals surface area contributed by atoms with Crippen LogP contribution in [0.4, 0.5) is 5.69 Å². The quantitative estimate of drug-likeness (QED) is 0.555. The van der Waals surface area contributed by atoms with Crippen LogP contribution in [0, 0.1) is 6.92 Å². The Morgan fingerprint density at radius 2 is 1.71 bits per heavy atom. The highest BCUT2D eigenvalue weighted by Gasteiger charge is 2.23. The van der Waals surface area contributed by atoms with Gasteiger partial charge in [-0.1, -0.05) is 19.9 Å². The molecule has 0 unspecified atom stereocenters. The summed E-state index contributed by atoms with van der Waals surface area (Å²) < 4.78 is 54.0. The zero-order valence-corrected chi connectivity index (χ0v) is 19.4. The Balaban J connectivity index is 2.30. The van der Waals surface area contributed by atoms with Crippen LogP contribution in [0.25, 0.3) is 0 Å². The molecule has 0 aliphatic rings. The van der Waals surface area contributed by atoms with Gasteiger partial charge in [-0.15, -0.1) is 0 Å². The van der Waals surface area contributed by atoms with Gasteiger partial charge in [0.1, 0.15) is 6.54 Å². The van der Waals surface area contributed by atoms with Crippen molar-refractivity contribution in [2.24, 2.45) is 0 Å². The predicted molar refractivity (Wildman–Crippen MR) is 117 cm³/mol. The Bertz CT molecular complexity index is 1230. The molecule has 0 saturated heterocycles. The number of carbonyl (C=O) groups is 1. The summed E-state index contributed by atoms with van der Waals surface area (Å²) >= 11 is 0. The second kappa shape index (κ2) is 9.73. The molecular weight excluding hydrogens is 444 g/mol. The molecule has 1 aromatic carbocycles. The molecule has 0 spiro atoms. The lowest BCUT2D eigenvalue weighted by Gasteiger charge is -2.19. The van der Waals surface area contributed by atoms with E-state index in [0.29, 0.717) is 5.56 Å². The minimum absolute atomic E-state index is 0.0114.